The van der Waals surface area contributed by atoms with Gasteiger partial charge in [-0.2, -0.15) is 0 Å². The van der Waals surface area contributed by atoms with Gasteiger partial charge in [-0.15, -0.1) is 0 Å². The van der Waals surface area contributed by atoms with E-state index in [1.54, 1.807) is 18.3 Å². The van der Waals surface area contributed by atoms with Crippen molar-refractivity contribution < 1.29 is 27.8 Å². The summed E-state index contributed by atoms with van der Waals surface area (Å²) in [5.41, 5.74) is 1.28. The maximum Gasteiger partial charge on any atom is 0.337 e. The van der Waals surface area contributed by atoms with Gasteiger partial charge in [-0.3, -0.25) is 0 Å². The topological polar surface area (TPSA) is 57.7 Å². The van der Waals surface area contributed by atoms with E-state index in [0.29, 0.717) is 35.3 Å². The molecule has 0 N–H and O–H groups in total. The molecule has 2 aromatic carbocycles. The molecule has 0 unspecified atom stereocenters. The van der Waals surface area contributed by atoms with Gasteiger partial charge in [-0.25, -0.2) is 18.6 Å². The first-order valence-electron chi connectivity index (χ1n) is 9.92. The number of rotatable bonds is 8. The number of pyridine rings is 1. The van der Waals surface area contributed by atoms with Gasteiger partial charge in [0.05, 0.1) is 19.3 Å². The number of ether oxygens (including phenoxy) is 3. The lowest BCUT2D eigenvalue weighted by Crippen LogP contribution is -2.04. The van der Waals surface area contributed by atoms with Crippen molar-refractivity contribution in [1.29, 1.82) is 0 Å². The second-order valence-corrected chi connectivity index (χ2v) is 7.37. The molecule has 0 bridgehead atoms. The summed E-state index contributed by atoms with van der Waals surface area (Å²) in [5.74, 6) is -0.122. The van der Waals surface area contributed by atoms with Crippen LogP contribution in [-0.4, -0.2) is 24.7 Å². The number of carbonyl (C=O) groups is 1. The van der Waals surface area contributed by atoms with Crippen LogP contribution in [-0.2, 0) is 11.3 Å². The minimum Gasteiger partial charge on any atom is -0.489 e. The maximum absolute atomic E-state index is 14.4. The van der Waals surface area contributed by atoms with E-state index < -0.39 is 17.6 Å². The summed E-state index contributed by atoms with van der Waals surface area (Å²) in [5, 5.41) is 0. The fraction of sp³-hybridized carbons (Fsp3) is 0.250. The molecule has 0 amide bonds. The molecule has 5 nitrogen and oxygen atoms in total. The Morgan fingerprint density at radius 1 is 1.03 bits per heavy atom. The quantitative estimate of drug-likeness (QED) is 0.466. The second kappa shape index (κ2) is 9.12. The molecule has 0 aliphatic heterocycles. The number of hydrogen-bond donors (Lipinski definition) is 0. The van der Waals surface area contributed by atoms with Gasteiger partial charge in [0.25, 0.3) is 0 Å². The lowest BCUT2D eigenvalue weighted by atomic mass is 10.1. The fourth-order valence-corrected chi connectivity index (χ4v) is 3.00. The Hall–Kier alpha value is -3.48. The maximum atomic E-state index is 14.4. The van der Waals surface area contributed by atoms with Gasteiger partial charge in [0.15, 0.2) is 0 Å². The van der Waals surface area contributed by atoms with Crippen molar-refractivity contribution in [3.8, 4) is 22.8 Å². The Balaban J connectivity index is 1.44. The van der Waals surface area contributed by atoms with Crippen LogP contribution < -0.4 is 9.47 Å². The van der Waals surface area contributed by atoms with Crippen LogP contribution in [0.2, 0.25) is 0 Å². The molecule has 1 aliphatic carbocycles. The first kappa shape index (κ1) is 20.8. The molecule has 7 heteroatoms. The summed E-state index contributed by atoms with van der Waals surface area (Å²) >= 11 is 0. The Morgan fingerprint density at radius 2 is 1.87 bits per heavy atom. The largest absolute Gasteiger partial charge is 0.489 e. The monoisotopic (exact) mass is 425 g/mol. The average molecular weight is 425 g/mol. The molecular weight excluding hydrogens is 404 g/mol. The number of halogens is 2. The molecule has 3 aromatic rings. The van der Waals surface area contributed by atoms with Crippen LogP contribution in [0.1, 0.15) is 28.8 Å². The molecule has 0 spiro atoms. The number of aromatic nitrogens is 1. The fourth-order valence-electron chi connectivity index (χ4n) is 3.00. The predicted octanol–water partition coefficient (Wildman–Crippen LogP) is 5.18. The Kier molecular flexibility index (Phi) is 6.11. The van der Waals surface area contributed by atoms with Crippen LogP contribution in [0.15, 0.2) is 54.7 Å². The summed E-state index contributed by atoms with van der Waals surface area (Å²) < 4.78 is 44.5. The highest BCUT2D eigenvalue weighted by atomic mass is 19.1. The van der Waals surface area contributed by atoms with Crippen molar-refractivity contribution >= 4 is 5.97 Å². The molecule has 1 heterocycles. The lowest BCUT2D eigenvalue weighted by Gasteiger charge is -2.11. The molecule has 1 saturated carbocycles. The van der Waals surface area contributed by atoms with Crippen LogP contribution >= 0.6 is 0 Å². The van der Waals surface area contributed by atoms with Crippen molar-refractivity contribution in [1.82, 2.24) is 4.98 Å². The van der Waals surface area contributed by atoms with Crippen LogP contribution in [0.3, 0.4) is 0 Å². The van der Waals surface area contributed by atoms with Gasteiger partial charge in [-0.1, -0.05) is 6.07 Å². The average Bonchev–Trinajstić information content (AvgIpc) is 3.62. The zero-order valence-electron chi connectivity index (χ0n) is 16.9. The van der Waals surface area contributed by atoms with E-state index in [4.69, 9.17) is 9.47 Å². The third-order valence-electron chi connectivity index (χ3n) is 5.02. The smallest absolute Gasteiger partial charge is 0.337 e. The Morgan fingerprint density at radius 3 is 2.55 bits per heavy atom. The summed E-state index contributed by atoms with van der Waals surface area (Å²) in [4.78, 5) is 15.7. The third-order valence-corrected chi connectivity index (χ3v) is 5.02. The van der Waals surface area contributed by atoms with Crippen molar-refractivity contribution in [3.63, 3.8) is 0 Å². The van der Waals surface area contributed by atoms with Gasteiger partial charge < -0.3 is 14.2 Å². The van der Waals surface area contributed by atoms with Crippen molar-refractivity contribution in [2.45, 2.75) is 19.4 Å². The van der Waals surface area contributed by atoms with E-state index in [0.717, 1.165) is 6.07 Å². The summed E-state index contributed by atoms with van der Waals surface area (Å²) in [6.07, 6.45) is 3.93. The molecule has 0 radical (unpaired) electrons. The van der Waals surface area contributed by atoms with E-state index >= 15 is 0 Å². The SMILES string of the molecule is COC(=O)c1ccc(COc2ccc(F)c(-c3ccc(OCC4CC4)nc3)c2)c(F)c1. The molecule has 0 atom stereocenters. The number of hydrogen-bond acceptors (Lipinski definition) is 5. The second-order valence-electron chi connectivity index (χ2n) is 7.37. The van der Waals surface area contributed by atoms with Crippen LogP contribution in [0.4, 0.5) is 8.78 Å². The number of carbonyl (C=O) groups excluding carboxylic acids is 1. The zero-order chi connectivity index (χ0) is 21.8. The van der Waals surface area contributed by atoms with Crippen LogP contribution in [0.5, 0.6) is 11.6 Å². The molecule has 160 valence electrons. The Bertz CT molecular complexity index is 1080. The number of esters is 1. The standard InChI is InChI=1S/C24H21F2NO4/c1-29-24(28)16-4-5-18(22(26)10-16)14-30-19-7-8-21(25)20(11-19)17-6-9-23(27-12-17)31-13-15-2-3-15/h4-12,15H,2-3,13-14H2,1H3. The molecule has 31 heavy (non-hydrogen) atoms. The van der Waals surface area contributed by atoms with E-state index in [1.807, 2.05) is 0 Å². The van der Waals surface area contributed by atoms with Crippen molar-refractivity contribution in [2.24, 2.45) is 5.92 Å². The summed E-state index contributed by atoms with van der Waals surface area (Å²) in [6.45, 7) is 0.575. The van der Waals surface area contributed by atoms with E-state index in [9.17, 15) is 13.6 Å². The summed E-state index contributed by atoms with van der Waals surface area (Å²) in [6, 6.07) is 11.8. The van der Waals surface area contributed by atoms with Crippen molar-refractivity contribution in [3.05, 3.63) is 77.5 Å². The minimum absolute atomic E-state index is 0.0788. The minimum atomic E-state index is -0.618. The van der Waals surface area contributed by atoms with Gasteiger partial charge in [0.2, 0.25) is 5.88 Å². The molecular formula is C24H21F2NO4. The van der Waals surface area contributed by atoms with Gasteiger partial charge in [0, 0.05) is 29.0 Å². The van der Waals surface area contributed by atoms with Crippen LogP contribution in [0, 0.1) is 17.6 Å². The first-order valence-corrected chi connectivity index (χ1v) is 9.92. The zero-order valence-corrected chi connectivity index (χ0v) is 16.9. The lowest BCUT2D eigenvalue weighted by molar-refractivity contribution is 0.0600. The van der Waals surface area contributed by atoms with Crippen LogP contribution in [0.25, 0.3) is 11.1 Å². The highest BCUT2D eigenvalue weighted by Gasteiger charge is 2.22. The summed E-state index contributed by atoms with van der Waals surface area (Å²) in [7, 11) is 1.23. The molecule has 1 aliphatic rings. The first-order chi connectivity index (χ1) is 15.0. The highest BCUT2D eigenvalue weighted by molar-refractivity contribution is 5.89. The third kappa shape index (κ3) is 5.17. The number of methoxy groups -OCH3 is 1. The van der Waals surface area contributed by atoms with E-state index in [1.165, 1.54) is 50.3 Å². The number of benzene rings is 2. The van der Waals surface area contributed by atoms with Gasteiger partial charge in [-0.05, 0) is 55.2 Å². The normalized spacial score (nSPS) is 13.0. The molecule has 1 aromatic heterocycles. The Labute approximate surface area is 178 Å². The van der Waals surface area contributed by atoms with Crippen molar-refractivity contribution in [2.75, 3.05) is 13.7 Å². The van der Waals surface area contributed by atoms with E-state index in [-0.39, 0.29) is 17.7 Å². The molecule has 0 saturated heterocycles. The van der Waals surface area contributed by atoms with Gasteiger partial charge in [0.1, 0.15) is 24.0 Å². The molecule has 1 fully saturated rings. The van der Waals surface area contributed by atoms with E-state index in [2.05, 4.69) is 9.72 Å². The van der Waals surface area contributed by atoms with Gasteiger partial charge >= 0.3 is 5.97 Å². The highest BCUT2D eigenvalue weighted by Crippen LogP contribution is 2.30. The predicted molar refractivity (Wildman–Crippen MR) is 110 cm³/mol. The molecule has 4 rings (SSSR count). The number of nitrogens with zero attached hydrogens (tertiary/aromatic N) is 1.